The van der Waals surface area contributed by atoms with Crippen LogP contribution in [0.3, 0.4) is 0 Å². The maximum Gasteiger partial charge on any atom is 0.266 e. The van der Waals surface area contributed by atoms with Gasteiger partial charge in [0.2, 0.25) is 0 Å². The van der Waals surface area contributed by atoms with Crippen molar-refractivity contribution < 1.29 is 9.59 Å². The molecule has 0 bridgehead atoms. The minimum Gasteiger partial charge on any atom is -0.313 e. The third-order valence-corrected chi connectivity index (χ3v) is 6.80. The smallest absolute Gasteiger partial charge is 0.266 e. The van der Waals surface area contributed by atoms with E-state index in [1.54, 1.807) is 12.2 Å². The molecule has 0 saturated carbocycles. The highest BCUT2D eigenvalue weighted by Gasteiger charge is 2.19. The molecule has 0 aliphatic rings. The molecule has 1 aromatic carbocycles. The highest BCUT2D eigenvalue weighted by molar-refractivity contribution is 7.07. The third kappa shape index (κ3) is 6.48. The summed E-state index contributed by atoms with van der Waals surface area (Å²) in [4.78, 5) is 54.7. The number of thiazole rings is 2. The Balaban J connectivity index is 1.99. The van der Waals surface area contributed by atoms with Gasteiger partial charge in [-0.25, -0.2) is 0 Å². The number of ketones is 2. The van der Waals surface area contributed by atoms with Crippen molar-refractivity contribution in [3.05, 3.63) is 74.5 Å². The summed E-state index contributed by atoms with van der Waals surface area (Å²) in [6.45, 7) is 11.0. The van der Waals surface area contributed by atoms with Gasteiger partial charge in [-0.1, -0.05) is 59.7 Å². The normalized spacial score (nSPS) is 14.8. The Hall–Kier alpha value is -3.10. The van der Waals surface area contributed by atoms with Crippen molar-refractivity contribution in [2.24, 2.45) is 10.8 Å². The average molecular weight is 497 g/mol. The van der Waals surface area contributed by atoms with Gasteiger partial charge in [0.15, 0.2) is 11.6 Å². The van der Waals surface area contributed by atoms with E-state index >= 15 is 0 Å². The molecular formula is C26H28N2O4S2. The van der Waals surface area contributed by atoms with Gasteiger partial charge in [-0.2, -0.15) is 0 Å². The number of aromatic nitrogens is 2. The monoisotopic (exact) mass is 496 g/mol. The highest BCUT2D eigenvalue weighted by atomic mass is 32.1. The molecule has 0 unspecified atom stereocenters. The van der Waals surface area contributed by atoms with E-state index in [4.69, 9.17) is 0 Å². The molecule has 2 aromatic heterocycles. The molecule has 34 heavy (non-hydrogen) atoms. The van der Waals surface area contributed by atoms with Crippen LogP contribution in [0.2, 0.25) is 0 Å². The lowest BCUT2D eigenvalue weighted by molar-refractivity contribution is -0.120. The summed E-state index contributed by atoms with van der Waals surface area (Å²) >= 11 is 2.45. The molecule has 0 saturated heterocycles. The topological polar surface area (TPSA) is 99.9 Å². The fourth-order valence-corrected chi connectivity index (χ4v) is 4.53. The predicted octanol–water partition coefficient (Wildman–Crippen LogP) is 1.64. The Bertz CT molecular complexity index is 1480. The van der Waals surface area contributed by atoms with E-state index in [-0.39, 0.29) is 22.7 Å². The largest absolute Gasteiger partial charge is 0.313 e. The van der Waals surface area contributed by atoms with Crippen molar-refractivity contribution in [3.63, 3.8) is 0 Å². The molecule has 0 aliphatic carbocycles. The van der Waals surface area contributed by atoms with Crippen LogP contribution in [0.15, 0.2) is 33.9 Å². The van der Waals surface area contributed by atoms with Crippen molar-refractivity contribution in [2.75, 3.05) is 0 Å². The van der Waals surface area contributed by atoms with Gasteiger partial charge >= 0.3 is 0 Å². The van der Waals surface area contributed by atoms with Crippen LogP contribution in [-0.2, 0) is 9.59 Å². The predicted molar refractivity (Wildman–Crippen MR) is 140 cm³/mol. The van der Waals surface area contributed by atoms with Crippen LogP contribution in [0, 0.1) is 10.8 Å². The number of rotatable bonds is 4. The van der Waals surface area contributed by atoms with Gasteiger partial charge in [0, 0.05) is 23.0 Å². The molecule has 6 nitrogen and oxygen atoms in total. The number of carbonyl (C=O) groups excluding carboxylic acids is 2. The highest BCUT2D eigenvalue weighted by Crippen LogP contribution is 2.15. The first-order chi connectivity index (χ1) is 15.7. The summed E-state index contributed by atoms with van der Waals surface area (Å²) < 4.78 is 1.99. The summed E-state index contributed by atoms with van der Waals surface area (Å²) in [5, 5.41) is 0. The number of nitrogens with one attached hydrogen (secondary N) is 2. The molecule has 0 aliphatic heterocycles. The fraction of sp³-hybridized carbons (Fsp3) is 0.308. The van der Waals surface area contributed by atoms with Gasteiger partial charge in [0.1, 0.15) is 0 Å². The average Bonchev–Trinajstić information content (AvgIpc) is 3.22. The van der Waals surface area contributed by atoms with Gasteiger partial charge in [-0.3, -0.25) is 19.2 Å². The molecular weight excluding hydrogens is 468 g/mol. The zero-order valence-electron chi connectivity index (χ0n) is 20.1. The van der Waals surface area contributed by atoms with Crippen molar-refractivity contribution in [1.29, 1.82) is 0 Å². The first-order valence-electron chi connectivity index (χ1n) is 10.8. The van der Waals surface area contributed by atoms with Crippen molar-refractivity contribution in [3.8, 4) is 0 Å². The summed E-state index contributed by atoms with van der Waals surface area (Å²) in [5.74, 6) is -0.120. The van der Waals surface area contributed by atoms with Crippen LogP contribution in [0.5, 0.6) is 0 Å². The van der Waals surface area contributed by atoms with E-state index in [9.17, 15) is 19.2 Å². The minimum atomic E-state index is -0.522. The molecule has 0 fully saturated rings. The number of benzene rings is 1. The van der Waals surface area contributed by atoms with E-state index in [0.29, 0.717) is 18.4 Å². The summed E-state index contributed by atoms with van der Waals surface area (Å²) in [6, 6.07) is 7.43. The Morgan fingerprint density at radius 1 is 0.735 bits per heavy atom. The summed E-state index contributed by atoms with van der Waals surface area (Å²) in [7, 11) is 0. The van der Waals surface area contributed by atoms with Crippen LogP contribution in [0.4, 0.5) is 0 Å². The lowest BCUT2D eigenvalue weighted by Crippen LogP contribution is -2.22. The lowest BCUT2D eigenvalue weighted by atomic mass is 9.91. The molecule has 2 N–H and O–H groups in total. The molecule has 0 spiro atoms. The molecule has 178 valence electrons. The van der Waals surface area contributed by atoms with E-state index in [2.05, 4.69) is 9.97 Å². The van der Waals surface area contributed by atoms with Gasteiger partial charge in [0.25, 0.3) is 11.1 Å². The summed E-state index contributed by atoms with van der Waals surface area (Å²) in [5.41, 5.74) is 0.0183. The number of H-pyrrole nitrogens is 2. The fourth-order valence-electron chi connectivity index (χ4n) is 2.76. The molecule has 3 rings (SSSR count). The van der Waals surface area contributed by atoms with Crippen LogP contribution < -0.4 is 29.5 Å². The van der Waals surface area contributed by atoms with Gasteiger partial charge in [-0.15, -0.1) is 22.7 Å². The number of carbonyl (C=O) groups is 2. The molecule has 2 heterocycles. The minimum absolute atomic E-state index is 0.0601. The van der Waals surface area contributed by atoms with Gasteiger partial charge in [-0.05, 0) is 29.3 Å². The van der Waals surface area contributed by atoms with Crippen molar-refractivity contribution in [2.45, 2.75) is 41.5 Å². The van der Waals surface area contributed by atoms with Crippen molar-refractivity contribution in [1.82, 2.24) is 9.97 Å². The van der Waals surface area contributed by atoms with Crippen LogP contribution in [-0.4, -0.2) is 21.5 Å². The van der Waals surface area contributed by atoms with E-state index < -0.39 is 10.8 Å². The molecule has 0 radical (unpaired) electrons. The maximum atomic E-state index is 12.4. The number of Topliss-reactive ketones (excluding diaryl/α,β-unsaturated/α-hetero) is 2. The van der Waals surface area contributed by atoms with Crippen molar-refractivity contribution >= 4 is 58.5 Å². The second-order valence-corrected chi connectivity index (χ2v) is 12.2. The Morgan fingerprint density at radius 2 is 1.12 bits per heavy atom. The standard InChI is InChI=1S/C26H28N2O4S2/c1-25(2,3)19(29)13-21-27-23(31)17(33-21)11-15-8-7-9-16(10-15)12-18-24(32)28-22(34-18)14-20(30)26(4,5)6/h7-14H,1-6H3,(H,27,31)(H,28,32)/b17-11-,18-12+,21-13-,22-14+. The van der Waals surface area contributed by atoms with Crippen LogP contribution in [0.25, 0.3) is 24.3 Å². The van der Waals surface area contributed by atoms with E-state index in [0.717, 1.165) is 11.1 Å². The van der Waals surface area contributed by atoms with Gasteiger partial charge < -0.3 is 9.97 Å². The van der Waals surface area contributed by atoms with E-state index in [1.165, 1.54) is 34.8 Å². The van der Waals surface area contributed by atoms with Gasteiger partial charge in [0.05, 0.1) is 18.4 Å². The number of hydrogen-bond donors (Lipinski definition) is 2. The Labute approximate surface area is 204 Å². The number of aromatic amines is 2. The zero-order chi connectivity index (χ0) is 25.3. The Kier molecular flexibility index (Phi) is 7.24. The Morgan fingerprint density at radius 3 is 1.47 bits per heavy atom. The third-order valence-electron chi connectivity index (χ3n) is 4.87. The van der Waals surface area contributed by atoms with Crippen LogP contribution >= 0.6 is 22.7 Å². The molecule has 8 heteroatoms. The van der Waals surface area contributed by atoms with E-state index in [1.807, 2.05) is 65.8 Å². The first kappa shape index (κ1) is 25.5. The summed E-state index contributed by atoms with van der Waals surface area (Å²) in [6.07, 6.45) is 6.44. The quantitative estimate of drug-likeness (QED) is 0.574. The lowest BCUT2D eigenvalue weighted by Gasteiger charge is -2.12. The second kappa shape index (κ2) is 9.64. The molecule has 0 atom stereocenters. The zero-order valence-corrected chi connectivity index (χ0v) is 21.7. The second-order valence-electron chi connectivity index (χ2n) is 10.0. The number of hydrogen-bond acceptors (Lipinski definition) is 6. The molecule has 0 amide bonds. The first-order valence-corrected chi connectivity index (χ1v) is 12.4. The SMILES string of the molecule is CC(C)(C)C(=O)/C=c1/[nH]c(=O)/c(=C/c2cccc(/C=c3/s/c(=C/C(=O)C(C)(C)C)[nH]c3=O)c2)s1. The van der Waals surface area contributed by atoms with Crippen LogP contribution in [0.1, 0.15) is 52.7 Å². The molecule has 3 aromatic rings. The maximum absolute atomic E-state index is 12.4.